The van der Waals surface area contributed by atoms with Crippen LogP contribution in [-0.4, -0.2) is 28.7 Å². The first-order chi connectivity index (χ1) is 18.8. The van der Waals surface area contributed by atoms with E-state index in [1.807, 2.05) is 30.3 Å². The molecule has 0 bridgehead atoms. The molecule has 1 heterocycles. The summed E-state index contributed by atoms with van der Waals surface area (Å²) in [5.41, 5.74) is 2.60. The van der Waals surface area contributed by atoms with Crippen molar-refractivity contribution in [1.82, 2.24) is 10.6 Å². The number of rotatable bonds is 7. The van der Waals surface area contributed by atoms with Crippen molar-refractivity contribution in [1.29, 1.82) is 0 Å². The molecule has 39 heavy (non-hydrogen) atoms. The van der Waals surface area contributed by atoms with Gasteiger partial charge in [-0.15, -0.1) is 0 Å². The topological polar surface area (TPSA) is 116 Å². The number of benzene rings is 4. The van der Waals surface area contributed by atoms with E-state index in [4.69, 9.17) is 0 Å². The lowest BCUT2D eigenvalue weighted by atomic mass is 10.0. The molecule has 3 N–H and O–H groups in total. The van der Waals surface area contributed by atoms with Gasteiger partial charge in [-0.05, 0) is 36.2 Å². The number of hydrogen-bond acceptors (Lipinski definition) is 5. The van der Waals surface area contributed by atoms with Crippen molar-refractivity contribution in [3.63, 3.8) is 0 Å². The Hall–Kier alpha value is -5.24. The zero-order valence-corrected chi connectivity index (χ0v) is 21.1. The molecule has 0 atom stereocenters. The van der Waals surface area contributed by atoms with Gasteiger partial charge in [0.05, 0.1) is 11.3 Å². The van der Waals surface area contributed by atoms with E-state index in [9.17, 15) is 24.3 Å². The summed E-state index contributed by atoms with van der Waals surface area (Å²) in [5.74, 6) is -2.02. The smallest absolute Gasteiger partial charge is 0.261 e. The van der Waals surface area contributed by atoms with Crippen LogP contribution in [0.25, 0.3) is 10.8 Å². The highest BCUT2D eigenvalue weighted by molar-refractivity contribution is 6.32. The van der Waals surface area contributed by atoms with E-state index < -0.39 is 17.7 Å². The maximum Gasteiger partial charge on any atom is 0.261 e. The Bertz CT molecular complexity index is 1660. The van der Waals surface area contributed by atoms with Crippen LogP contribution in [0.3, 0.4) is 0 Å². The summed E-state index contributed by atoms with van der Waals surface area (Å²) in [6.07, 6.45) is 1.25. The summed E-state index contributed by atoms with van der Waals surface area (Å²) >= 11 is 0. The Morgan fingerprint density at radius 2 is 1.33 bits per heavy atom. The zero-order valence-electron chi connectivity index (χ0n) is 21.1. The third kappa shape index (κ3) is 5.00. The third-order valence-electron chi connectivity index (χ3n) is 6.61. The maximum absolute atomic E-state index is 13.3. The summed E-state index contributed by atoms with van der Waals surface area (Å²) in [4.78, 5) is 52.1. The number of phenolic OH excluding ortho intramolecular Hbond substituents is 1. The molecule has 4 aromatic carbocycles. The van der Waals surface area contributed by atoms with E-state index in [0.717, 1.165) is 16.0 Å². The van der Waals surface area contributed by atoms with Crippen LogP contribution < -0.4 is 15.5 Å². The van der Waals surface area contributed by atoms with Gasteiger partial charge in [-0.25, -0.2) is 4.90 Å². The lowest BCUT2D eigenvalue weighted by Crippen LogP contribution is -2.31. The number of hydrogen-bond donors (Lipinski definition) is 3. The average Bonchev–Trinajstić information content (AvgIpc) is 3.22. The second-order valence-electron chi connectivity index (χ2n) is 9.14. The molecule has 4 amide bonds. The lowest BCUT2D eigenvalue weighted by Gasteiger charge is -2.20. The zero-order chi connectivity index (χ0) is 27.5. The van der Waals surface area contributed by atoms with Gasteiger partial charge in [-0.2, -0.15) is 0 Å². The van der Waals surface area contributed by atoms with E-state index in [2.05, 4.69) is 10.6 Å². The van der Waals surface area contributed by atoms with Gasteiger partial charge in [0.1, 0.15) is 5.75 Å². The van der Waals surface area contributed by atoms with Gasteiger partial charge < -0.3 is 15.7 Å². The minimum atomic E-state index is -0.577. The molecule has 0 saturated carbocycles. The molecule has 8 nitrogen and oxygen atoms in total. The minimum Gasteiger partial charge on any atom is -0.506 e. The molecule has 0 saturated heterocycles. The number of phenols is 1. The molecule has 0 unspecified atom stereocenters. The van der Waals surface area contributed by atoms with Crippen molar-refractivity contribution in [3.8, 4) is 5.75 Å². The fourth-order valence-electron chi connectivity index (χ4n) is 4.56. The number of anilines is 1. The second kappa shape index (κ2) is 10.6. The monoisotopic (exact) mass is 519 g/mol. The summed E-state index contributed by atoms with van der Waals surface area (Å²) in [5, 5.41) is 17.5. The van der Waals surface area contributed by atoms with Crippen LogP contribution in [0.2, 0.25) is 0 Å². The number of amides is 4. The van der Waals surface area contributed by atoms with Gasteiger partial charge in [0, 0.05) is 41.1 Å². The number of aromatic hydroxyl groups is 1. The van der Waals surface area contributed by atoms with Crippen LogP contribution in [0.5, 0.6) is 5.75 Å². The van der Waals surface area contributed by atoms with E-state index in [0.29, 0.717) is 21.9 Å². The molecule has 1 aliphatic rings. The van der Waals surface area contributed by atoms with Crippen molar-refractivity contribution in [2.75, 3.05) is 4.90 Å². The predicted molar refractivity (Wildman–Crippen MR) is 147 cm³/mol. The van der Waals surface area contributed by atoms with Crippen molar-refractivity contribution < 1.29 is 24.3 Å². The van der Waals surface area contributed by atoms with E-state index >= 15 is 0 Å². The summed E-state index contributed by atoms with van der Waals surface area (Å²) < 4.78 is 0. The standard InChI is InChI=1S/C31H25N3O5/c1-19-15-27(35)34(31(19)39)26-16-25(28(36)24-14-8-7-13-23(24)26)30(38)33-18-22-12-6-5-11-21(22)17-32-29(37)20-9-3-2-4-10-20/h2-16,36H,17-18H2,1H3,(H,32,37)(H,33,38). The normalized spacial score (nSPS) is 12.9. The largest absolute Gasteiger partial charge is 0.506 e. The molecule has 8 heteroatoms. The van der Waals surface area contributed by atoms with Crippen LogP contribution in [0.4, 0.5) is 5.69 Å². The molecule has 5 rings (SSSR count). The van der Waals surface area contributed by atoms with E-state index in [1.165, 1.54) is 12.1 Å². The predicted octanol–water partition coefficient (Wildman–Crippen LogP) is 4.22. The second-order valence-corrected chi connectivity index (χ2v) is 9.14. The summed E-state index contributed by atoms with van der Waals surface area (Å²) in [6.45, 7) is 1.94. The molecule has 1 aliphatic heterocycles. The average molecular weight is 520 g/mol. The number of fused-ring (bicyclic) bond motifs is 1. The minimum absolute atomic E-state index is 0.0660. The number of carbonyl (C=O) groups excluding carboxylic acids is 4. The Balaban J connectivity index is 1.38. The summed E-state index contributed by atoms with van der Waals surface area (Å²) in [7, 11) is 0. The van der Waals surface area contributed by atoms with E-state index in [1.54, 1.807) is 55.5 Å². The quantitative estimate of drug-likeness (QED) is 0.316. The molecular formula is C31H25N3O5. The molecule has 0 radical (unpaired) electrons. The molecule has 0 aliphatic carbocycles. The van der Waals surface area contributed by atoms with Gasteiger partial charge in [0.2, 0.25) is 0 Å². The van der Waals surface area contributed by atoms with Crippen LogP contribution in [0, 0.1) is 0 Å². The Morgan fingerprint density at radius 3 is 1.95 bits per heavy atom. The number of carbonyl (C=O) groups is 4. The summed E-state index contributed by atoms with van der Waals surface area (Å²) in [6, 6.07) is 24.3. The highest BCUT2D eigenvalue weighted by Gasteiger charge is 2.32. The fraction of sp³-hybridized carbons (Fsp3) is 0.0968. The number of nitrogens with one attached hydrogen (secondary N) is 2. The van der Waals surface area contributed by atoms with Crippen molar-refractivity contribution >= 4 is 40.1 Å². The Labute approximate surface area is 224 Å². The highest BCUT2D eigenvalue weighted by Crippen LogP contribution is 2.38. The first-order valence-corrected chi connectivity index (χ1v) is 12.3. The maximum atomic E-state index is 13.3. The number of imide groups is 1. The Kier molecular flexibility index (Phi) is 6.93. The molecule has 0 spiro atoms. The van der Waals surface area contributed by atoms with Crippen molar-refractivity contribution in [2.24, 2.45) is 0 Å². The SMILES string of the molecule is CC1=CC(=O)N(c2cc(C(=O)NCc3ccccc3CNC(=O)c3ccccc3)c(O)c3ccccc23)C1=O. The van der Waals surface area contributed by atoms with Gasteiger partial charge >= 0.3 is 0 Å². The van der Waals surface area contributed by atoms with Crippen molar-refractivity contribution in [2.45, 2.75) is 20.0 Å². The van der Waals surface area contributed by atoms with Gasteiger partial charge in [-0.1, -0.05) is 66.7 Å². The van der Waals surface area contributed by atoms with Gasteiger partial charge in [0.15, 0.2) is 0 Å². The first-order valence-electron chi connectivity index (χ1n) is 12.3. The van der Waals surface area contributed by atoms with Crippen molar-refractivity contribution in [3.05, 3.63) is 119 Å². The lowest BCUT2D eigenvalue weighted by molar-refractivity contribution is -0.120. The molecule has 0 fully saturated rings. The molecule has 194 valence electrons. The molecular weight excluding hydrogens is 494 g/mol. The fourth-order valence-corrected chi connectivity index (χ4v) is 4.56. The first kappa shape index (κ1) is 25.4. The Morgan fingerprint density at radius 1 is 0.769 bits per heavy atom. The van der Waals surface area contributed by atoms with Crippen LogP contribution in [0.15, 0.2) is 96.6 Å². The number of nitrogens with zero attached hydrogens (tertiary/aromatic N) is 1. The van der Waals surface area contributed by atoms with Gasteiger partial charge in [0.25, 0.3) is 23.6 Å². The molecule has 0 aromatic heterocycles. The van der Waals surface area contributed by atoms with E-state index in [-0.39, 0.29) is 36.0 Å². The highest BCUT2D eigenvalue weighted by atomic mass is 16.3. The third-order valence-corrected chi connectivity index (χ3v) is 6.61. The van der Waals surface area contributed by atoms with Crippen LogP contribution in [-0.2, 0) is 22.7 Å². The van der Waals surface area contributed by atoms with Crippen LogP contribution >= 0.6 is 0 Å². The van der Waals surface area contributed by atoms with Crippen LogP contribution in [0.1, 0.15) is 38.8 Å². The molecule has 4 aromatic rings. The van der Waals surface area contributed by atoms with Gasteiger partial charge in [-0.3, -0.25) is 19.2 Å².